The van der Waals surface area contributed by atoms with Crippen LogP contribution in [0.3, 0.4) is 0 Å². The highest BCUT2D eigenvalue weighted by atomic mass is 16.2. The molecule has 2 aliphatic rings. The second-order valence-electron chi connectivity index (χ2n) is 7.23. The van der Waals surface area contributed by atoms with Crippen LogP contribution in [0.5, 0.6) is 0 Å². The van der Waals surface area contributed by atoms with Crippen molar-refractivity contribution in [1.29, 1.82) is 0 Å². The van der Waals surface area contributed by atoms with Gasteiger partial charge >= 0.3 is 0 Å². The molecule has 0 spiro atoms. The summed E-state index contributed by atoms with van der Waals surface area (Å²) in [5.41, 5.74) is 1.93. The summed E-state index contributed by atoms with van der Waals surface area (Å²) in [6, 6.07) is 5.87. The molecule has 1 aliphatic carbocycles. The Balaban J connectivity index is 1.25. The number of pyridine rings is 2. The summed E-state index contributed by atoms with van der Waals surface area (Å²) >= 11 is 0. The number of hydrogen-bond acceptors (Lipinski definition) is 7. The van der Waals surface area contributed by atoms with E-state index >= 15 is 0 Å². The second kappa shape index (κ2) is 7.03. The number of nitrogens with one attached hydrogen (secondary N) is 1. The van der Waals surface area contributed by atoms with Crippen LogP contribution >= 0.6 is 0 Å². The molecule has 5 rings (SSSR count). The minimum atomic E-state index is 0.0844. The van der Waals surface area contributed by atoms with Crippen molar-refractivity contribution in [3.63, 3.8) is 0 Å². The maximum absolute atomic E-state index is 11.8. The molecule has 0 unspecified atom stereocenters. The summed E-state index contributed by atoms with van der Waals surface area (Å²) in [7, 11) is 0. The predicted molar refractivity (Wildman–Crippen MR) is 107 cm³/mol. The highest BCUT2D eigenvalue weighted by Gasteiger charge is 2.29. The van der Waals surface area contributed by atoms with E-state index in [2.05, 4.69) is 35.1 Å². The van der Waals surface area contributed by atoms with Gasteiger partial charge in [0.2, 0.25) is 5.91 Å². The van der Waals surface area contributed by atoms with Crippen LogP contribution in [0, 0.1) is 5.92 Å². The van der Waals surface area contributed by atoms with Gasteiger partial charge in [0.15, 0.2) is 0 Å². The summed E-state index contributed by atoms with van der Waals surface area (Å²) in [6.45, 7) is 3.50. The number of piperazine rings is 1. The van der Waals surface area contributed by atoms with Crippen molar-refractivity contribution in [2.24, 2.45) is 5.92 Å². The first-order valence-electron chi connectivity index (χ1n) is 9.59. The molecular formula is C20H21N7O. The van der Waals surface area contributed by atoms with E-state index in [4.69, 9.17) is 0 Å². The molecule has 8 nitrogen and oxygen atoms in total. The number of nitrogens with zero attached hydrogens (tertiary/aromatic N) is 6. The molecule has 142 valence electrons. The molecule has 4 heterocycles. The van der Waals surface area contributed by atoms with Gasteiger partial charge in [0.1, 0.15) is 18.0 Å². The summed E-state index contributed by atoms with van der Waals surface area (Å²) in [5.74, 6) is 1.85. The number of amides is 1. The van der Waals surface area contributed by atoms with Crippen LogP contribution in [0.2, 0.25) is 0 Å². The minimum Gasteiger partial charge on any atom is -0.367 e. The van der Waals surface area contributed by atoms with Gasteiger partial charge < -0.3 is 15.1 Å². The van der Waals surface area contributed by atoms with E-state index in [-0.39, 0.29) is 11.8 Å². The number of aromatic nitrogens is 4. The molecule has 0 aromatic carbocycles. The van der Waals surface area contributed by atoms with Crippen molar-refractivity contribution in [3.8, 4) is 0 Å². The normalized spacial score (nSPS) is 17.0. The van der Waals surface area contributed by atoms with Gasteiger partial charge in [0.05, 0.1) is 23.6 Å². The summed E-state index contributed by atoms with van der Waals surface area (Å²) in [5, 5.41) is 3.91. The van der Waals surface area contributed by atoms with Gasteiger partial charge in [0.25, 0.3) is 0 Å². The van der Waals surface area contributed by atoms with Gasteiger partial charge in [-0.1, -0.05) is 0 Å². The standard InChI is InChI=1S/C20H21N7O/c28-20(14-1-2-14)25-18-4-3-15(11-22-18)26-7-9-27(10-8-26)19-16-5-6-21-12-17(16)23-13-24-19/h3-6,11-14H,1-2,7-10H2,(H,22,25,28). The van der Waals surface area contributed by atoms with Crippen LogP contribution < -0.4 is 15.1 Å². The van der Waals surface area contributed by atoms with Crippen molar-refractivity contribution in [2.75, 3.05) is 41.3 Å². The zero-order valence-electron chi connectivity index (χ0n) is 15.5. The Morgan fingerprint density at radius 3 is 2.54 bits per heavy atom. The average Bonchev–Trinajstić information content (AvgIpc) is 3.60. The van der Waals surface area contributed by atoms with E-state index in [1.54, 1.807) is 18.7 Å². The zero-order valence-corrected chi connectivity index (χ0v) is 15.5. The van der Waals surface area contributed by atoms with E-state index in [0.717, 1.165) is 61.4 Å². The fourth-order valence-corrected chi connectivity index (χ4v) is 3.54. The monoisotopic (exact) mass is 375 g/mol. The van der Waals surface area contributed by atoms with Crippen LogP contribution in [0.1, 0.15) is 12.8 Å². The molecule has 2 fully saturated rings. The highest BCUT2D eigenvalue weighted by Crippen LogP contribution is 2.30. The molecule has 28 heavy (non-hydrogen) atoms. The second-order valence-corrected chi connectivity index (χ2v) is 7.23. The van der Waals surface area contributed by atoms with E-state index in [9.17, 15) is 4.79 Å². The minimum absolute atomic E-state index is 0.0844. The van der Waals surface area contributed by atoms with E-state index in [1.165, 1.54) is 0 Å². The van der Waals surface area contributed by atoms with Crippen LogP contribution in [0.4, 0.5) is 17.3 Å². The summed E-state index contributed by atoms with van der Waals surface area (Å²) < 4.78 is 0. The lowest BCUT2D eigenvalue weighted by atomic mass is 10.2. The molecule has 0 bridgehead atoms. The van der Waals surface area contributed by atoms with Crippen LogP contribution in [-0.2, 0) is 4.79 Å². The third kappa shape index (κ3) is 3.33. The zero-order chi connectivity index (χ0) is 18.9. The summed E-state index contributed by atoms with van der Waals surface area (Å²) in [4.78, 5) is 33.8. The van der Waals surface area contributed by atoms with Crippen LogP contribution in [0.15, 0.2) is 43.1 Å². The van der Waals surface area contributed by atoms with Gasteiger partial charge in [-0.3, -0.25) is 9.78 Å². The average molecular weight is 375 g/mol. The third-order valence-corrected chi connectivity index (χ3v) is 5.31. The Morgan fingerprint density at radius 2 is 1.79 bits per heavy atom. The number of rotatable bonds is 4. The first-order chi connectivity index (χ1) is 13.8. The molecule has 1 amide bonds. The van der Waals surface area contributed by atoms with E-state index < -0.39 is 0 Å². The molecule has 8 heteroatoms. The van der Waals surface area contributed by atoms with Crippen molar-refractivity contribution in [3.05, 3.63) is 43.1 Å². The van der Waals surface area contributed by atoms with E-state index in [0.29, 0.717) is 5.82 Å². The van der Waals surface area contributed by atoms with Gasteiger partial charge in [0, 0.05) is 43.7 Å². The SMILES string of the molecule is O=C(Nc1ccc(N2CCN(c3ncnc4cnccc34)CC2)cn1)C1CC1. The largest absolute Gasteiger partial charge is 0.367 e. The molecule has 3 aromatic rings. The maximum Gasteiger partial charge on any atom is 0.228 e. The fraction of sp³-hybridized carbons (Fsp3) is 0.350. The Hall–Kier alpha value is -3.29. The topological polar surface area (TPSA) is 87.1 Å². The highest BCUT2D eigenvalue weighted by molar-refractivity contribution is 5.93. The number of fused-ring (bicyclic) bond motifs is 1. The maximum atomic E-state index is 11.8. The third-order valence-electron chi connectivity index (χ3n) is 5.31. The molecule has 3 aromatic heterocycles. The van der Waals surface area contributed by atoms with Crippen LogP contribution in [-0.4, -0.2) is 52.0 Å². The Bertz CT molecular complexity index is 990. The number of anilines is 3. The lowest BCUT2D eigenvalue weighted by Crippen LogP contribution is -2.47. The van der Waals surface area contributed by atoms with Gasteiger partial charge in [-0.15, -0.1) is 0 Å². The number of carbonyl (C=O) groups is 1. The quantitative estimate of drug-likeness (QED) is 0.747. The number of carbonyl (C=O) groups excluding carboxylic acids is 1. The summed E-state index contributed by atoms with van der Waals surface area (Å²) in [6.07, 6.45) is 8.97. The van der Waals surface area contributed by atoms with Crippen molar-refractivity contribution in [1.82, 2.24) is 19.9 Å². The van der Waals surface area contributed by atoms with Gasteiger partial charge in [-0.25, -0.2) is 15.0 Å². The molecule has 1 saturated heterocycles. The Kier molecular flexibility index (Phi) is 4.23. The smallest absolute Gasteiger partial charge is 0.228 e. The molecule has 1 aliphatic heterocycles. The lowest BCUT2D eigenvalue weighted by Gasteiger charge is -2.36. The van der Waals surface area contributed by atoms with Crippen LogP contribution in [0.25, 0.3) is 10.9 Å². The fourth-order valence-electron chi connectivity index (χ4n) is 3.54. The van der Waals surface area contributed by atoms with Crippen molar-refractivity contribution < 1.29 is 4.79 Å². The molecule has 1 N–H and O–H groups in total. The lowest BCUT2D eigenvalue weighted by molar-refractivity contribution is -0.117. The first kappa shape index (κ1) is 16.9. The Morgan fingerprint density at radius 1 is 0.964 bits per heavy atom. The van der Waals surface area contributed by atoms with E-state index in [1.807, 2.05) is 24.4 Å². The molecule has 1 saturated carbocycles. The van der Waals surface area contributed by atoms with Crippen molar-refractivity contribution >= 4 is 34.1 Å². The molecular weight excluding hydrogens is 354 g/mol. The Labute approximate surface area is 162 Å². The van der Waals surface area contributed by atoms with Gasteiger partial charge in [-0.2, -0.15) is 0 Å². The van der Waals surface area contributed by atoms with Crippen molar-refractivity contribution in [2.45, 2.75) is 12.8 Å². The molecule has 0 radical (unpaired) electrons. The van der Waals surface area contributed by atoms with Gasteiger partial charge in [-0.05, 0) is 31.0 Å². The molecule has 0 atom stereocenters. The predicted octanol–water partition coefficient (Wildman–Crippen LogP) is 2.09. The number of hydrogen-bond donors (Lipinski definition) is 1. The first-order valence-corrected chi connectivity index (χ1v) is 9.59.